The Morgan fingerprint density at radius 2 is 2.04 bits per heavy atom. The summed E-state index contributed by atoms with van der Waals surface area (Å²) in [4.78, 5) is 12.3. The van der Waals surface area contributed by atoms with Crippen molar-refractivity contribution in [1.82, 2.24) is 0 Å². The molecule has 3 aliphatic rings. The maximum atomic E-state index is 12.3. The molecule has 4 rings (SSSR count). The summed E-state index contributed by atoms with van der Waals surface area (Å²) in [6.07, 6.45) is 1.62. The standard InChI is InChI=1S/C19H24O7/c1-10-4-3-7-19(25-10)15(21)6-5-14(26-19)17-12-8-11(23-2)9-13(20)16(12)18(22)24-17/h8-10,14-15,17,20-21H,3-7H2,1-2H3. The van der Waals surface area contributed by atoms with E-state index in [2.05, 4.69) is 0 Å². The molecule has 2 N–H and O–H groups in total. The van der Waals surface area contributed by atoms with E-state index in [4.69, 9.17) is 18.9 Å². The van der Waals surface area contributed by atoms with Gasteiger partial charge in [0.1, 0.15) is 29.3 Å². The van der Waals surface area contributed by atoms with E-state index in [0.29, 0.717) is 30.6 Å². The molecule has 5 unspecified atom stereocenters. The first-order valence-electron chi connectivity index (χ1n) is 9.09. The molecule has 1 spiro atoms. The van der Waals surface area contributed by atoms with E-state index in [1.165, 1.54) is 13.2 Å². The number of aliphatic hydroxyl groups excluding tert-OH is 1. The zero-order valence-electron chi connectivity index (χ0n) is 14.9. The van der Waals surface area contributed by atoms with Gasteiger partial charge in [-0.1, -0.05) is 0 Å². The summed E-state index contributed by atoms with van der Waals surface area (Å²) in [7, 11) is 1.49. The van der Waals surface area contributed by atoms with Crippen molar-refractivity contribution < 1.29 is 34.0 Å². The molecule has 3 heterocycles. The number of hydrogen-bond acceptors (Lipinski definition) is 7. The van der Waals surface area contributed by atoms with Gasteiger partial charge >= 0.3 is 5.97 Å². The van der Waals surface area contributed by atoms with Crippen LogP contribution in [0.5, 0.6) is 11.5 Å². The zero-order chi connectivity index (χ0) is 18.5. The van der Waals surface area contributed by atoms with Crippen molar-refractivity contribution in [2.45, 2.75) is 69.2 Å². The number of carbonyl (C=O) groups is 1. The van der Waals surface area contributed by atoms with E-state index >= 15 is 0 Å². The summed E-state index contributed by atoms with van der Waals surface area (Å²) in [5.41, 5.74) is 0.699. The second kappa shape index (κ2) is 6.40. The molecule has 2 fully saturated rings. The van der Waals surface area contributed by atoms with Gasteiger partial charge in [-0.05, 0) is 38.7 Å². The number of fused-ring (bicyclic) bond motifs is 1. The van der Waals surface area contributed by atoms with Gasteiger partial charge in [0.25, 0.3) is 0 Å². The Hall–Kier alpha value is -1.83. The monoisotopic (exact) mass is 364 g/mol. The average Bonchev–Trinajstić information content (AvgIpc) is 2.94. The van der Waals surface area contributed by atoms with E-state index < -0.39 is 30.1 Å². The minimum atomic E-state index is -1.06. The topological polar surface area (TPSA) is 94.5 Å². The van der Waals surface area contributed by atoms with Crippen LogP contribution < -0.4 is 4.74 Å². The van der Waals surface area contributed by atoms with Gasteiger partial charge in [-0.3, -0.25) is 0 Å². The molecule has 0 aromatic heterocycles. The van der Waals surface area contributed by atoms with E-state index in [-0.39, 0.29) is 17.4 Å². The fourth-order valence-corrected chi connectivity index (χ4v) is 4.28. The molecular weight excluding hydrogens is 340 g/mol. The Morgan fingerprint density at radius 1 is 1.23 bits per heavy atom. The van der Waals surface area contributed by atoms with Crippen LogP contribution in [0.3, 0.4) is 0 Å². The molecule has 7 nitrogen and oxygen atoms in total. The van der Waals surface area contributed by atoms with Crippen molar-refractivity contribution >= 4 is 5.97 Å². The van der Waals surface area contributed by atoms with Crippen molar-refractivity contribution in [2.24, 2.45) is 0 Å². The highest BCUT2D eigenvalue weighted by atomic mass is 16.7. The Balaban J connectivity index is 1.65. The van der Waals surface area contributed by atoms with Crippen molar-refractivity contribution in [3.8, 4) is 11.5 Å². The Labute approximate surface area is 151 Å². The molecule has 0 aliphatic carbocycles. The maximum Gasteiger partial charge on any atom is 0.343 e. The number of phenols is 1. The quantitative estimate of drug-likeness (QED) is 0.778. The van der Waals surface area contributed by atoms with Crippen LogP contribution in [0.2, 0.25) is 0 Å². The minimum Gasteiger partial charge on any atom is -0.507 e. The predicted molar refractivity (Wildman–Crippen MR) is 90.1 cm³/mol. The maximum absolute atomic E-state index is 12.3. The van der Waals surface area contributed by atoms with Crippen LogP contribution in [0.1, 0.15) is 61.1 Å². The zero-order valence-corrected chi connectivity index (χ0v) is 14.9. The SMILES string of the molecule is COc1cc(O)c2c(c1)C(C1CCC(O)C3(CCCC(C)O3)O1)OC2=O. The highest BCUT2D eigenvalue weighted by Gasteiger charge is 2.52. The van der Waals surface area contributed by atoms with Crippen LogP contribution in [0.25, 0.3) is 0 Å². The molecule has 0 amide bonds. The lowest BCUT2D eigenvalue weighted by molar-refractivity contribution is -0.356. The molecule has 0 radical (unpaired) electrons. The lowest BCUT2D eigenvalue weighted by Crippen LogP contribution is -2.57. The van der Waals surface area contributed by atoms with Gasteiger partial charge in [0.05, 0.1) is 13.2 Å². The van der Waals surface area contributed by atoms with Crippen molar-refractivity contribution in [3.05, 3.63) is 23.3 Å². The number of rotatable bonds is 2. The second-order valence-electron chi connectivity index (χ2n) is 7.32. The summed E-state index contributed by atoms with van der Waals surface area (Å²) in [6.45, 7) is 1.97. The van der Waals surface area contributed by atoms with Crippen LogP contribution in [0.15, 0.2) is 12.1 Å². The number of hydrogen-bond donors (Lipinski definition) is 2. The van der Waals surface area contributed by atoms with Crippen LogP contribution >= 0.6 is 0 Å². The lowest BCUT2D eigenvalue weighted by atomic mass is 9.88. The molecular formula is C19H24O7. The summed E-state index contributed by atoms with van der Waals surface area (Å²) in [5, 5.41) is 20.7. The van der Waals surface area contributed by atoms with Gasteiger partial charge in [0.2, 0.25) is 0 Å². The summed E-state index contributed by atoms with van der Waals surface area (Å²) in [5.74, 6) is -1.36. The van der Waals surface area contributed by atoms with Crippen LogP contribution in [-0.2, 0) is 14.2 Å². The van der Waals surface area contributed by atoms with Crippen molar-refractivity contribution in [2.75, 3.05) is 7.11 Å². The number of ether oxygens (including phenoxy) is 4. The highest BCUT2D eigenvalue weighted by Crippen LogP contribution is 2.47. The third-order valence-corrected chi connectivity index (χ3v) is 5.56. The first-order valence-corrected chi connectivity index (χ1v) is 9.09. The molecule has 0 saturated carbocycles. The van der Waals surface area contributed by atoms with E-state index in [9.17, 15) is 15.0 Å². The predicted octanol–water partition coefficient (Wildman–Crippen LogP) is 2.44. The van der Waals surface area contributed by atoms with Gasteiger partial charge in [-0.2, -0.15) is 0 Å². The lowest BCUT2D eigenvalue weighted by Gasteiger charge is -2.48. The Morgan fingerprint density at radius 3 is 2.77 bits per heavy atom. The fourth-order valence-electron chi connectivity index (χ4n) is 4.28. The Kier molecular flexibility index (Phi) is 4.33. The molecule has 7 heteroatoms. The van der Waals surface area contributed by atoms with Crippen LogP contribution in [0, 0.1) is 0 Å². The minimum absolute atomic E-state index is 0.000275. The number of aromatic hydroxyl groups is 1. The number of methoxy groups -OCH3 is 1. The second-order valence-corrected chi connectivity index (χ2v) is 7.32. The van der Waals surface area contributed by atoms with Gasteiger partial charge in [0.15, 0.2) is 11.9 Å². The summed E-state index contributed by atoms with van der Waals surface area (Å²) < 4.78 is 23.0. The number of aliphatic hydroxyl groups is 1. The average molecular weight is 364 g/mol. The molecule has 5 atom stereocenters. The number of esters is 1. The highest BCUT2D eigenvalue weighted by molar-refractivity contribution is 5.97. The van der Waals surface area contributed by atoms with E-state index in [0.717, 1.165) is 12.8 Å². The number of carbonyl (C=O) groups excluding carboxylic acids is 1. The van der Waals surface area contributed by atoms with Crippen LogP contribution in [-0.4, -0.2) is 47.4 Å². The third-order valence-electron chi connectivity index (χ3n) is 5.56. The van der Waals surface area contributed by atoms with Gasteiger partial charge in [0, 0.05) is 18.1 Å². The van der Waals surface area contributed by atoms with Gasteiger partial charge < -0.3 is 29.2 Å². The normalized spacial score (nSPS) is 36.7. The van der Waals surface area contributed by atoms with Gasteiger partial charge in [-0.15, -0.1) is 0 Å². The molecule has 26 heavy (non-hydrogen) atoms. The number of phenolic OH excluding ortho intramolecular Hbond substituents is 1. The smallest absolute Gasteiger partial charge is 0.343 e. The van der Waals surface area contributed by atoms with Crippen LogP contribution in [0.4, 0.5) is 0 Å². The largest absolute Gasteiger partial charge is 0.507 e. The first-order chi connectivity index (χ1) is 12.4. The third kappa shape index (κ3) is 2.74. The fraction of sp³-hybridized carbons (Fsp3) is 0.632. The molecule has 1 aromatic carbocycles. The summed E-state index contributed by atoms with van der Waals surface area (Å²) in [6, 6.07) is 3.08. The molecule has 2 saturated heterocycles. The molecule has 1 aromatic rings. The van der Waals surface area contributed by atoms with E-state index in [1.54, 1.807) is 6.07 Å². The van der Waals surface area contributed by atoms with Crippen molar-refractivity contribution in [1.29, 1.82) is 0 Å². The van der Waals surface area contributed by atoms with E-state index in [1.807, 2.05) is 6.92 Å². The molecule has 142 valence electrons. The summed E-state index contributed by atoms with van der Waals surface area (Å²) >= 11 is 0. The first kappa shape index (κ1) is 17.6. The molecule has 3 aliphatic heterocycles. The Bertz CT molecular complexity index is 718. The van der Waals surface area contributed by atoms with Gasteiger partial charge in [-0.25, -0.2) is 4.79 Å². The van der Waals surface area contributed by atoms with Crippen molar-refractivity contribution in [3.63, 3.8) is 0 Å². The number of benzene rings is 1. The molecule has 0 bridgehead atoms. The number of cyclic esters (lactones) is 1.